The van der Waals surface area contributed by atoms with Crippen molar-refractivity contribution in [2.75, 3.05) is 19.7 Å². The molecule has 31 heavy (non-hydrogen) atoms. The van der Waals surface area contributed by atoms with E-state index >= 15 is 0 Å². The number of hydrogen-bond acceptors (Lipinski definition) is 8. The van der Waals surface area contributed by atoms with Crippen LogP contribution in [-0.4, -0.2) is 92.6 Å². The number of para-hydroxylation sites is 1. The quantitative estimate of drug-likeness (QED) is 0.481. The van der Waals surface area contributed by atoms with Crippen LogP contribution in [0.3, 0.4) is 0 Å². The molecule has 0 spiro atoms. The van der Waals surface area contributed by atoms with E-state index in [2.05, 4.69) is 0 Å². The van der Waals surface area contributed by atoms with Crippen molar-refractivity contribution in [1.29, 1.82) is 0 Å². The van der Waals surface area contributed by atoms with E-state index in [9.17, 15) is 30.0 Å². The monoisotopic (exact) mass is 434 g/mol. The van der Waals surface area contributed by atoms with Gasteiger partial charge in [0.05, 0.1) is 11.7 Å². The van der Waals surface area contributed by atoms with Crippen molar-refractivity contribution < 1.29 is 39.5 Å². The Morgan fingerprint density at radius 3 is 2.52 bits per heavy atom. The van der Waals surface area contributed by atoms with Crippen molar-refractivity contribution in [2.24, 2.45) is 5.92 Å². The second kappa shape index (κ2) is 8.93. The Bertz CT molecular complexity index is 939. The molecular weight excluding hydrogens is 408 g/mol. The van der Waals surface area contributed by atoms with Gasteiger partial charge in [0.15, 0.2) is 6.29 Å². The molecular formula is C21H26N2O8. The zero-order valence-electron chi connectivity index (χ0n) is 16.8. The molecule has 10 nitrogen and oxygen atoms in total. The van der Waals surface area contributed by atoms with Crippen molar-refractivity contribution in [3.05, 3.63) is 30.5 Å². The van der Waals surface area contributed by atoms with E-state index < -0.39 is 30.7 Å². The lowest BCUT2D eigenvalue weighted by Gasteiger charge is -2.38. The highest BCUT2D eigenvalue weighted by Gasteiger charge is 2.43. The summed E-state index contributed by atoms with van der Waals surface area (Å²) in [5.74, 6) is 0.355. The number of hydrogen-bond donors (Lipinski definition) is 4. The number of fused-ring (bicyclic) bond motifs is 1. The van der Waals surface area contributed by atoms with E-state index in [1.54, 1.807) is 35.4 Å². The molecule has 0 aliphatic carbocycles. The summed E-state index contributed by atoms with van der Waals surface area (Å²) in [4.78, 5) is 25.8. The predicted molar refractivity (Wildman–Crippen MR) is 107 cm³/mol. The number of rotatable bonds is 4. The number of aliphatic hydroxyl groups is 4. The first-order valence-corrected chi connectivity index (χ1v) is 10.3. The summed E-state index contributed by atoms with van der Waals surface area (Å²) >= 11 is 0. The lowest BCUT2D eigenvalue weighted by molar-refractivity contribution is -0.285. The van der Waals surface area contributed by atoms with E-state index in [1.807, 2.05) is 0 Å². The Balaban J connectivity index is 1.52. The highest BCUT2D eigenvalue weighted by Crippen LogP contribution is 2.30. The molecule has 1 aromatic carbocycles. The molecule has 0 radical (unpaired) electrons. The SMILES string of the molecule is O=CC1CCN(C(=O)n2cc(OC[C@H]3O[C@@H](O)[C@@H](O)[C@H](O)[C@@H]3O)c3ccccc32)CC1. The fourth-order valence-electron chi connectivity index (χ4n) is 4.04. The third kappa shape index (κ3) is 4.17. The normalized spacial score (nSPS) is 29.8. The molecule has 168 valence electrons. The van der Waals surface area contributed by atoms with E-state index in [1.165, 1.54) is 4.57 Å². The maximum absolute atomic E-state index is 13.1. The van der Waals surface area contributed by atoms with E-state index in [-0.39, 0.29) is 18.6 Å². The van der Waals surface area contributed by atoms with Gasteiger partial charge in [-0.3, -0.25) is 4.57 Å². The average Bonchev–Trinajstić information content (AvgIpc) is 3.17. The molecule has 3 heterocycles. The number of ether oxygens (including phenoxy) is 2. The van der Waals surface area contributed by atoms with Gasteiger partial charge >= 0.3 is 6.03 Å². The molecule has 1 amide bonds. The lowest BCUT2D eigenvalue weighted by atomic mass is 9.99. The highest BCUT2D eigenvalue weighted by molar-refractivity contribution is 5.95. The number of carbonyl (C=O) groups excluding carboxylic acids is 2. The predicted octanol–water partition coefficient (Wildman–Crippen LogP) is -0.301. The van der Waals surface area contributed by atoms with Gasteiger partial charge in [0.1, 0.15) is 43.1 Å². The highest BCUT2D eigenvalue weighted by atomic mass is 16.6. The first kappa shape index (κ1) is 21.7. The second-order valence-corrected chi connectivity index (χ2v) is 7.97. The zero-order valence-corrected chi connectivity index (χ0v) is 16.8. The number of likely N-dealkylation sites (tertiary alicyclic amines) is 1. The summed E-state index contributed by atoms with van der Waals surface area (Å²) in [7, 11) is 0. The molecule has 2 aromatic rings. The minimum Gasteiger partial charge on any atom is -0.489 e. The smallest absolute Gasteiger partial charge is 0.328 e. The van der Waals surface area contributed by atoms with Gasteiger partial charge in [-0.05, 0) is 25.0 Å². The van der Waals surface area contributed by atoms with E-state index in [0.29, 0.717) is 42.6 Å². The molecule has 4 rings (SSSR count). The average molecular weight is 434 g/mol. The summed E-state index contributed by atoms with van der Waals surface area (Å²) in [6.45, 7) is 0.769. The van der Waals surface area contributed by atoms with Crippen molar-refractivity contribution >= 4 is 23.2 Å². The number of piperidine rings is 1. The molecule has 0 unspecified atom stereocenters. The summed E-state index contributed by atoms with van der Waals surface area (Å²) in [6, 6.07) is 6.96. The fourth-order valence-corrected chi connectivity index (χ4v) is 4.04. The van der Waals surface area contributed by atoms with Crippen LogP contribution in [0.5, 0.6) is 5.75 Å². The van der Waals surface area contributed by atoms with Gasteiger partial charge in [-0.15, -0.1) is 0 Å². The first-order valence-electron chi connectivity index (χ1n) is 10.3. The number of carbonyl (C=O) groups is 2. The van der Waals surface area contributed by atoms with Gasteiger partial charge in [-0.25, -0.2) is 4.79 Å². The first-order chi connectivity index (χ1) is 14.9. The Labute approximate surface area is 178 Å². The molecule has 1 aromatic heterocycles. The van der Waals surface area contributed by atoms with Crippen molar-refractivity contribution in [3.8, 4) is 5.75 Å². The summed E-state index contributed by atoms with van der Waals surface area (Å²) in [5, 5.41) is 39.9. The number of aliphatic hydroxyl groups excluding tert-OH is 4. The van der Waals surface area contributed by atoms with Crippen LogP contribution in [0.1, 0.15) is 12.8 Å². The van der Waals surface area contributed by atoms with Crippen LogP contribution in [0.2, 0.25) is 0 Å². The van der Waals surface area contributed by atoms with Crippen LogP contribution in [-0.2, 0) is 9.53 Å². The number of aromatic nitrogens is 1. The molecule has 0 bridgehead atoms. The Kier molecular flexibility index (Phi) is 6.26. The van der Waals surface area contributed by atoms with Crippen LogP contribution >= 0.6 is 0 Å². The maximum atomic E-state index is 13.1. The molecule has 2 saturated heterocycles. The summed E-state index contributed by atoms with van der Waals surface area (Å²) < 4.78 is 12.4. The van der Waals surface area contributed by atoms with Crippen LogP contribution in [0.15, 0.2) is 30.5 Å². The van der Waals surface area contributed by atoms with Gasteiger partial charge in [0, 0.05) is 24.4 Å². The van der Waals surface area contributed by atoms with Gasteiger partial charge in [-0.1, -0.05) is 12.1 Å². The van der Waals surface area contributed by atoms with Gasteiger partial charge in [0.25, 0.3) is 0 Å². The van der Waals surface area contributed by atoms with Crippen LogP contribution < -0.4 is 4.74 Å². The number of nitrogens with zero attached hydrogens (tertiary/aromatic N) is 2. The zero-order chi connectivity index (χ0) is 22.1. The van der Waals surface area contributed by atoms with Crippen molar-refractivity contribution in [3.63, 3.8) is 0 Å². The number of amides is 1. The molecule has 2 aliphatic rings. The number of aldehydes is 1. The van der Waals surface area contributed by atoms with Crippen LogP contribution in [0.25, 0.3) is 10.9 Å². The molecule has 5 atom stereocenters. The Morgan fingerprint density at radius 2 is 1.81 bits per heavy atom. The fraction of sp³-hybridized carbons (Fsp3) is 0.524. The maximum Gasteiger partial charge on any atom is 0.328 e. The van der Waals surface area contributed by atoms with Gasteiger partial charge in [0.2, 0.25) is 0 Å². The Morgan fingerprint density at radius 1 is 1.10 bits per heavy atom. The number of benzene rings is 1. The second-order valence-electron chi connectivity index (χ2n) is 7.97. The molecule has 2 fully saturated rings. The standard InChI is InChI=1S/C21H26N2O8/c24-10-12-5-7-22(8-6-12)21(29)23-9-15(13-3-1-2-4-14(13)23)30-11-16-17(25)18(26)19(27)20(28)31-16/h1-4,9-10,12,16-20,25-28H,5-8,11H2/t16-,17-,18-,19+,20-/m1/s1. The van der Waals surface area contributed by atoms with Crippen LogP contribution in [0, 0.1) is 5.92 Å². The molecule has 2 aliphatic heterocycles. The van der Waals surface area contributed by atoms with E-state index in [4.69, 9.17) is 9.47 Å². The summed E-state index contributed by atoms with van der Waals surface area (Å²) in [6.07, 6.45) is -3.62. The third-order valence-electron chi connectivity index (χ3n) is 5.97. The minimum absolute atomic E-state index is 0.0181. The minimum atomic E-state index is -1.65. The van der Waals surface area contributed by atoms with Crippen molar-refractivity contribution in [2.45, 2.75) is 43.5 Å². The molecule has 10 heteroatoms. The topological polar surface area (TPSA) is 142 Å². The van der Waals surface area contributed by atoms with Crippen LogP contribution in [0.4, 0.5) is 4.79 Å². The molecule has 0 saturated carbocycles. The van der Waals surface area contributed by atoms with Gasteiger partial charge in [-0.2, -0.15) is 0 Å². The van der Waals surface area contributed by atoms with Gasteiger partial charge < -0.3 is 39.6 Å². The van der Waals surface area contributed by atoms with Crippen molar-refractivity contribution in [1.82, 2.24) is 9.47 Å². The van der Waals surface area contributed by atoms with E-state index in [0.717, 1.165) is 6.29 Å². The lowest BCUT2D eigenvalue weighted by Crippen LogP contribution is -2.58. The third-order valence-corrected chi connectivity index (χ3v) is 5.97. The summed E-state index contributed by atoms with van der Waals surface area (Å²) in [5.41, 5.74) is 0.639. The molecule has 4 N–H and O–H groups in total. The Hall–Kier alpha value is -2.50. The largest absolute Gasteiger partial charge is 0.489 e.